The molecule has 0 spiro atoms. The third kappa shape index (κ3) is 17.7. The van der Waals surface area contributed by atoms with Gasteiger partial charge in [0.2, 0.25) is 16.7 Å². The summed E-state index contributed by atoms with van der Waals surface area (Å²) in [4.78, 5) is 0. The van der Waals surface area contributed by atoms with Crippen LogP contribution < -0.4 is 4.57 Å². The Balaban J connectivity index is 0. The third-order valence-corrected chi connectivity index (χ3v) is 1.59. The molecule has 100 valence electrons. The summed E-state index contributed by atoms with van der Waals surface area (Å²) < 4.78 is 44.9. The summed E-state index contributed by atoms with van der Waals surface area (Å²) in [6.07, 6.45) is 8.82. The van der Waals surface area contributed by atoms with Crippen molar-refractivity contribution in [1.82, 2.24) is 4.57 Å². The fourth-order valence-corrected chi connectivity index (χ4v) is 0.975. The highest BCUT2D eigenvalue weighted by molar-refractivity contribution is 7.79. The van der Waals surface area contributed by atoms with Gasteiger partial charge in [-0.2, -0.15) is 4.21 Å². The van der Waals surface area contributed by atoms with Crippen LogP contribution in [0.2, 0.25) is 0 Å². The van der Waals surface area contributed by atoms with E-state index in [-0.39, 0.29) is 0 Å². The van der Waals surface area contributed by atoms with Crippen LogP contribution >= 0.6 is 0 Å². The third-order valence-electron chi connectivity index (χ3n) is 1.59. The van der Waals surface area contributed by atoms with Crippen molar-refractivity contribution in [3.63, 3.8) is 0 Å². The molecule has 0 amide bonds. The van der Waals surface area contributed by atoms with Crippen LogP contribution in [0.5, 0.6) is 0 Å². The van der Waals surface area contributed by atoms with E-state index in [4.69, 9.17) is 21.7 Å². The minimum absolute atomic E-state index is 1.15. The van der Waals surface area contributed by atoms with Gasteiger partial charge in [-0.25, -0.2) is 17.6 Å². The molecule has 7 nitrogen and oxygen atoms in total. The van der Waals surface area contributed by atoms with Crippen molar-refractivity contribution < 1.29 is 26.3 Å². The maximum atomic E-state index is 8.63. The Morgan fingerprint density at radius 2 is 1.94 bits per heavy atom. The van der Waals surface area contributed by atoms with E-state index < -0.39 is 10.4 Å². The van der Waals surface area contributed by atoms with Gasteiger partial charge in [-0.3, -0.25) is 4.55 Å². The van der Waals surface area contributed by atoms with Crippen LogP contribution in [-0.2, 0) is 36.5 Å². The zero-order valence-electron chi connectivity index (χ0n) is 9.64. The van der Waals surface area contributed by atoms with Crippen molar-refractivity contribution >= 4 is 22.9 Å². The highest BCUT2D eigenvalue weighted by atomic mass is 32.3. The maximum Gasteiger partial charge on any atom is 0.243 e. The van der Waals surface area contributed by atoms with Gasteiger partial charge in [0.25, 0.3) is 0 Å². The number of imidazole rings is 1. The van der Waals surface area contributed by atoms with E-state index in [1.807, 2.05) is 7.05 Å². The number of nitrogens with zero attached hydrogens (tertiary/aromatic N) is 2. The Bertz CT molecular complexity index is 382. The molecule has 0 saturated heterocycles. The van der Waals surface area contributed by atoms with Gasteiger partial charge < -0.3 is 4.55 Å². The Morgan fingerprint density at radius 3 is 2.24 bits per heavy atom. The topological polar surface area (TPSA) is 103 Å². The second kappa shape index (κ2) is 10.3. The lowest BCUT2D eigenvalue weighted by molar-refractivity contribution is -0.671. The monoisotopic (exact) mass is 284 g/mol. The quantitative estimate of drug-likeness (QED) is 0.467. The highest BCUT2D eigenvalue weighted by Crippen LogP contribution is 1.91. The van der Waals surface area contributed by atoms with Crippen LogP contribution in [0.4, 0.5) is 0 Å². The SMILES string of the molecule is CCCCn1cc[n+](C)c1.O=S.O=S(=O)([O-])O. The van der Waals surface area contributed by atoms with Crippen LogP contribution in [0.1, 0.15) is 19.8 Å². The molecule has 0 aliphatic rings. The summed E-state index contributed by atoms with van der Waals surface area (Å²) >= 11 is 2.83. The smallest absolute Gasteiger partial charge is 0.243 e. The number of aryl methyl sites for hydroxylation is 2. The van der Waals surface area contributed by atoms with E-state index >= 15 is 0 Å². The molecule has 9 heteroatoms. The van der Waals surface area contributed by atoms with Gasteiger partial charge in [0, 0.05) is 0 Å². The largest absolute Gasteiger partial charge is 0.726 e. The molecule has 0 saturated carbocycles. The van der Waals surface area contributed by atoms with Gasteiger partial charge in [0.05, 0.1) is 13.6 Å². The van der Waals surface area contributed by atoms with E-state index in [1.54, 1.807) is 0 Å². The number of hydrogen-bond donors (Lipinski definition) is 1. The van der Waals surface area contributed by atoms with Crippen molar-refractivity contribution in [2.75, 3.05) is 0 Å². The van der Waals surface area contributed by atoms with Crippen molar-refractivity contribution in [3.8, 4) is 0 Å². The Kier molecular flexibility index (Phi) is 11.2. The second-order valence-corrected chi connectivity index (χ2v) is 3.95. The molecule has 1 aromatic rings. The Labute approximate surface area is 106 Å². The van der Waals surface area contributed by atoms with Crippen LogP contribution in [-0.4, -0.2) is 26.3 Å². The lowest BCUT2D eigenvalue weighted by atomic mass is 10.3. The average molecular weight is 284 g/mol. The molecule has 1 N–H and O–H groups in total. The first-order valence-corrected chi connectivity index (χ1v) is 6.38. The molecule has 0 unspecified atom stereocenters. The fourth-order valence-electron chi connectivity index (χ4n) is 0.975. The fraction of sp³-hybridized carbons (Fsp3) is 0.625. The Hall–Kier alpha value is -0.900. The average Bonchev–Trinajstić information content (AvgIpc) is 2.62. The van der Waals surface area contributed by atoms with E-state index in [0.717, 1.165) is 6.54 Å². The van der Waals surface area contributed by atoms with Gasteiger partial charge in [0.15, 0.2) is 12.5 Å². The predicted molar refractivity (Wildman–Crippen MR) is 61.0 cm³/mol. The second-order valence-electron chi connectivity index (χ2n) is 3.10. The zero-order chi connectivity index (χ0) is 13.9. The van der Waals surface area contributed by atoms with Gasteiger partial charge in [-0.15, -0.1) is 0 Å². The number of hydrogen-bond acceptors (Lipinski definition) is 5. The zero-order valence-corrected chi connectivity index (χ0v) is 11.3. The first-order valence-electron chi connectivity index (χ1n) is 4.69. The molecule has 1 aromatic heterocycles. The van der Waals surface area contributed by atoms with Gasteiger partial charge in [0.1, 0.15) is 12.4 Å². The van der Waals surface area contributed by atoms with Crippen molar-refractivity contribution in [2.24, 2.45) is 7.05 Å². The normalized spacial score (nSPS) is 9.65. The Morgan fingerprint density at radius 1 is 1.47 bits per heavy atom. The van der Waals surface area contributed by atoms with Crippen LogP contribution in [0.25, 0.3) is 0 Å². The summed E-state index contributed by atoms with van der Waals surface area (Å²) in [5.41, 5.74) is 0. The lowest BCUT2D eigenvalue weighted by Gasteiger charge is -1.90. The molecule has 0 aliphatic heterocycles. The number of unbranched alkanes of at least 4 members (excludes halogenated alkanes) is 1. The van der Waals surface area contributed by atoms with Crippen molar-refractivity contribution in [3.05, 3.63) is 18.7 Å². The maximum absolute atomic E-state index is 8.63. The summed E-state index contributed by atoms with van der Waals surface area (Å²) in [5.74, 6) is 0. The molecule has 1 heterocycles. The molecule has 0 bridgehead atoms. The predicted octanol–water partition coefficient (Wildman–Crippen LogP) is -0.219. The highest BCUT2D eigenvalue weighted by Gasteiger charge is 1.96. The first kappa shape index (κ1) is 18.5. The van der Waals surface area contributed by atoms with Crippen LogP contribution in [0.15, 0.2) is 18.7 Å². The van der Waals surface area contributed by atoms with E-state index in [9.17, 15) is 0 Å². The minimum Gasteiger partial charge on any atom is -0.726 e. The summed E-state index contributed by atoms with van der Waals surface area (Å²) in [6.45, 7) is 3.36. The first-order chi connectivity index (χ1) is 7.83. The van der Waals surface area contributed by atoms with E-state index in [2.05, 4.69) is 47.3 Å². The molecule has 17 heavy (non-hydrogen) atoms. The summed E-state index contributed by atoms with van der Waals surface area (Å²) in [6, 6.07) is 0. The minimum atomic E-state index is -4.92. The van der Waals surface area contributed by atoms with E-state index in [0.29, 0.717) is 0 Å². The molecule has 0 fully saturated rings. The van der Waals surface area contributed by atoms with Crippen LogP contribution in [0, 0.1) is 0 Å². The van der Waals surface area contributed by atoms with Crippen molar-refractivity contribution in [2.45, 2.75) is 26.3 Å². The number of rotatable bonds is 3. The molecule has 1 rings (SSSR count). The van der Waals surface area contributed by atoms with Gasteiger partial charge in [-0.05, 0) is 6.42 Å². The van der Waals surface area contributed by atoms with E-state index in [1.165, 1.54) is 12.8 Å². The van der Waals surface area contributed by atoms with Gasteiger partial charge >= 0.3 is 0 Å². The van der Waals surface area contributed by atoms with Crippen LogP contribution in [0.3, 0.4) is 0 Å². The number of aromatic nitrogens is 2. The molecule has 0 radical (unpaired) electrons. The summed E-state index contributed by atoms with van der Waals surface area (Å²) in [5, 5.41) is 0. The molecular formula is C8H16N2O5S2. The lowest BCUT2D eigenvalue weighted by Crippen LogP contribution is -2.23. The molecular weight excluding hydrogens is 268 g/mol. The standard InChI is InChI=1S/C8H15N2.H2O4S.OS/c1-3-4-5-10-7-6-9(2)8-10;1-5(2,3)4;1-2/h6-8H,3-5H2,1-2H3;(H2,1,2,3,4);/q+1;;/p-1. The van der Waals surface area contributed by atoms with Crippen molar-refractivity contribution in [1.29, 1.82) is 0 Å². The van der Waals surface area contributed by atoms with Gasteiger partial charge in [-0.1, -0.05) is 13.3 Å². The molecule has 0 aliphatic carbocycles. The molecule has 0 aromatic carbocycles. The molecule has 0 atom stereocenters. The summed E-state index contributed by atoms with van der Waals surface area (Å²) in [7, 11) is -2.87.